The molecule has 1 rings (SSSR count). The third kappa shape index (κ3) is 4.12. The zero-order valence-corrected chi connectivity index (χ0v) is 11.2. The molecule has 0 unspecified atom stereocenters. The number of hydrogen-bond acceptors (Lipinski definition) is 2. The van der Waals surface area contributed by atoms with Crippen LogP contribution in [-0.4, -0.2) is 48.9 Å². The highest BCUT2D eigenvalue weighted by atomic mass is 16.2. The highest BCUT2D eigenvalue weighted by molar-refractivity contribution is 5.76. The first-order chi connectivity index (χ1) is 7.50. The van der Waals surface area contributed by atoms with Crippen molar-refractivity contribution in [2.24, 2.45) is 5.92 Å². The minimum absolute atomic E-state index is 0.347. The smallest absolute Gasteiger partial charge is 0.222 e. The first kappa shape index (κ1) is 13.5. The number of piperidine rings is 1. The lowest BCUT2D eigenvalue weighted by Gasteiger charge is -2.36. The molecule has 3 nitrogen and oxygen atoms in total. The Morgan fingerprint density at radius 1 is 1.44 bits per heavy atom. The molecular weight excluding hydrogens is 200 g/mol. The maximum atomic E-state index is 12.0. The van der Waals surface area contributed by atoms with Gasteiger partial charge in [-0.05, 0) is 39.3 Å². The first-order valence-corrected chi connectivity index (χ1v) is 6.45. The van der Waals surface area contributed by atoms with Crippen molar-refractivity contribution in [3.63, 3.8) is 0 Å². The summed E-state index contributed by atoms with van der Waals surface area (Å²) >= 11 is 0. The van der Waals surface area contributed by atoms with E-state index >= 15 is 0 Å². The maximum Gasteiger partial charge on any atom is 0.222 e. The summed E-state index contributed by atoms with van der Waals surface area (Å²) in [6.07, 6.45) is 4.11. The van der Waals surface area contributed by atoms with E-state index in [1.165, 1.54) is 6.42 Å². The normalized spacial score (nSPS) is 21.9. The Hall–Kier alpha value is -0.570. The van der Waals surface area contributed by atoms with Crippen molar-refractivity contribution >= 4 is 5.91 Å². The van der Waals surface area contributed by atoms with Crippen molar-refractivity contribution in [1.82, 2.24) is 9.80 Å². The van der Waals surface area contributed by atoms with Gasteiger partial charge >= 0.3 is 0 Å². The van der Waals surface area contributed by atoms with Gasteiger partial charge in [0, 0.05) is 25.6 Å². The zero-order chi connectivity index (χ0) is 12.1. The Balaban J connectivity index is 2.38. The van der Waals surface area contributed by atoms with Crippen molar-refractivity contribution < 1.29 is 4.79 Å². The molecule has 0 saturated carbocycles. The molecule has 3 heteroatoms. The molecule has 94 valence electrons. The van der Waals surface area contributed by atoms with Crippen LogP contribution >= 0.6 is 0 Å². The van der Waals surface area contributed by atoms with Gasteiger partial charge in [-0.2, -0.15) is 0 Å². The largest absolute Gasteiger partial charge is 0.341 e. The zero-order valence-electron chi connectivity index (χ0n) is 11.2. The van der Waals surface area contributed by atoms with E-state index in [4.69, 9.17) is 0 Å². The van der Waals surface area contributed by atoms with E-state index in [1.807, 2.05) is 0 Å². The average molecular weight is 226 g/mol. The number of likely N-dealkylation sites (tertiary alicyclic amines) is 1. The molecule has 1 aliphatic heterocycles. The summed E-state index contributed by atoms with van der Waals surface area (Å²) in [6.45, 7) is 6.23. The number of hydrogen-bond donors (Lipinski definition) is 0. The Bertz CT molecular complexity index is 226. The number of likely N-dealkylation sites (N-methyl/N-ethyl adjacent to an activating group) is 1. The second-order valence-electron chi connectivity index (χ2n) is 5.53. The molecule has 1 heterocycles. The fourth-order valence-corrected chi connectivity index (χ4v) is 2.17. The van der Waals surface area contributed by atoms with E-state index in [1.54, 1.807) is 0 Å². The lowest BCUT2D eigenvalue weighted by molar-refractivity contribution is -0.133. The number of amides is 1. The molecule has 0 N–H and O–H groups in total. The molecule has 1 fully saturated rings. The van der Waals surface area contributed by atoms with Crippen LogP contribution in [-0.2, 0) is 4.79 Å². The molecule has 1 amide bonds. The maximum absolute atomic E-state index is 12.0. The summed E-state index contributed by atoms with van der Waals surface area (Å²) in [5, 5.41) is 0. The van der Waals surface area contributed by atoms with Gasteiger partial charge in [-0.25, -0.2) is 0 Å². The predicted molar refractivity (Wildman–Crippen MR) is 67.4 cm³/mol. The summed E-state index contributed by atoms with van der Waals surface area (Å²) in [6, 6.07) is 0.553. The summed E-state index contributed by atoms with van der Waals surface area (Å²) in [5.74, 6) is 0.971. The fourth-order valence-electron chi connectivity index (χ4n) is 2.17. The summed E-state index contributed by atoms with van der Waals surface area (Å²) in [4.78, 5) is 16.3. The lowest BCUT2D eigenvalue weighted by Crippen LogP contribution is -2.47. The molecule has 0 bridgehead atoms. The number of carbonyl (C=O) groups excluding carboxylic acids is 1. The minimum Gasteiger partial charge on any atom is -0.341 e. The molecule has 0 spiro atoms. The highest BCUT2D eigenvalue weighted by Crippen LogP contribution is 2.16. The van der Waals surface area contributed by atoms with E-state index in [0.29, 0.717) is 17.9 Å². The van der Waals surface area contributed by atoms with Crippen LogP contribution in [0.3, 0.4) is 0 Å². The second kappa shape index (κ2) is 6.24. The van der Waals surface area contributed by atoms with E-state index in [-0.39, 0.29) is 0 Å². The fraction of sp³-hybridized carbons (Fsp3) is 0.923. The monoisotopic (exact) mass is 226 g/mol. The van der Waals surface area contributed by atoms with Crippen LogP contribution in [0.25, 0.3) is 0 Å². The van der Waals surface area contributed by atoms with E-state index in [2.05, 4.69) is 37.7 Å². The first-order valence-electron chi connectivity index (χ1n) is 6.45. The lowest BCUT2D eigenvalue weighted by atomic mass is 10.0. The van der Waals surface area contributed by atoms with Gasteiger partial charge in [0.2, 0.25) is 5.91 Å². The third-order valence-electron chi connectivity index (χ3n) is 3.42. The van der Waals surface area contributed by atoms with Crippen LogP contribution in [0.5, 0.6) is 0 Å². The molecule has 0 aliphatic carbocycles. The standard InChI is InChI=1S/C13H26N2O/c1-11(2)7-8-13(16)15-9-5-6-12(10-15)14(3)4/h11-12H,5-10H2,1-4H3/t12-/m1/s1. The van der Waals surface area contributed by atoms with Crippen molar-refractivity contribution in [1.29, 1.82) is 0 Å². The molecule has 1 atom stereocenters. The Kier molecular flexibility index (Phi) is 5.26. The molecule has 0 aromatic rings. The summed E-state index contributed by atoms with van der Waals surface area (Å²) in [7, 11) is 4.21. The van der Waals surface area contributed by atoms with Crippen LogP contribution in [0.15, 0.2) is 0 Å². The SMILES string of the molecule is CC(C)CCC(=O)N1CCC[C@@H](N(C)C)C1. The molecule has 1 aliphatic rings. The molecular formula is C13H26N2O. The average Bonchev–Trinajstić information content (AvgIpc) is 2.26. The number of nitrogens with zero attached hydrogens (tertiary/aromatic N) is 2. The van der Waals surface area contributed by atoms with E-state index in [0.717, 1.165) is 32.4 Å². The van der Waals surface area contributed by atoms with Crippen LogP contribution in [0, 0.1) is 5.92 Å². The summed E-state index contributed by atoms with van der Waals surface area (Å²) < 4.78 is 0. The van der Waals surface area contributed by atoms with Crippen LogP contribution in [0.2, 0.25) is 0 Å². The quantitative estimate of drug-likeness (QED) is 0.732. The van der Waals surface area contributed by atoms with Gasteiger partial charge in [0.05, 0.1) is 0 Å². The molecule has 16 heavy (non-hydrogen) atoms. The molecule has 1 saturated heterocycles. The molecule has 0 aromatic carbocycles. The van der Waals surface area contributed by atoms with Crippen LogP contribution in [0.1, 0.15) is 39.5 Å². The van der Waals surface area contributed by atoms with Crippen molar-refractivity contribution in [2.75, 3.05) is 27.2 Å². The predicted octanol–water partition coefficient (Wildman–Crippen LogP) is 1.98. The van der Waals surface area contributed by atoms with Gasteiger partial charge in [-0.15, -0.1) is 0 Å². The molecule has 0 radical (unpaired) electrons. The number of rotatable bonds is 4. The van der Waals surface area contributed by atoms with E-state index in [9.17, 15) is 4.79 Å². The van der Waals surface area contributed by atoms with Gasteiger partial charge < -0.3 is 9.80 Å². The van der Waals surface area contributed by atoms with Gasteiger partial charge in [-0.3, -0.25) is 4.79 Å². The summed E-state index contributed by atoms with van der Waals surface area (Å²) in [5.41, 5.74) is 0. The van der Waals surface area contributed by atoms with Crippen LogP contribution in [0.4, 0.5) is 0 Å². The van der Waals surface area contributed by atoms with Gasteiger partial charge in [-0.1, -0.05) is 13.8 Å². The highest BCUT2D eigenvalue weighted by Gasteiger charge is 2.24. The Morgan fingerprint density at radius 3 is 2.69 bits per heavy atom. The van der Waals surface area contributed by atoms with Crippen molar-refractivity contribution in [3.05, 3.63) is 0 Å². The third-order valence-corrected chi connectivity index (χ3v) is 3.42. The van der Waals surface area contributed by atoms with Gasteiger partial charge in [0.15, 0.2) is 0 Å². The number of carbonyl (C=O) groups is 1. The Labute approximate surface area is 99.8 Å². The molecule has 0 aromatic heterocycles. The van der Waals surface area contributed by atoms with Crippen molar-refractivity contribution in [2.45, 2.75) is 45.6 Å². The minimum atomic E-state index is 0.347. The van der Waals surface area contributed by atoms with Gasteiger partial charge in [0.25, 0.3) is 0 Å². The topological polar surface area (TPSA) is 23.6 Å². The van der Waals surface area contributed by atoms with E-state index < -0.39 is 0 Å². The van der Waals surface area contributed by atoms with Crippen LogP contribution < -0.4 is 0 Å². The van der Waals surface area contributed by atoms with Crippen molar-refractivity contribution in [3.8, 4) is 0 Å². The Morgan fingerprint density at radius 2 is 2.12 bits per heavy atom. The second-order valence-corrected chi connectivity index (χ2v) is 5.53. The van der Waals surface area contributed by atoms with Gasteiger partial charge in [0.1, 0.15) is 0 Å².